The molecule has 0 bridgehead atoms. The fraction of sp³-hybridized carbons (Fsp3) is 0.444. The van der Waals surface area contributed by atoms with E-state index in [1.54, 1.807) is 17.0 Å². The molecule has 0 aliphatic rings. The molecule has 0 saturated heterocycles. The normalized spacial score (nSPS) is 10.2. The Kier molecular flexibility index (Phi) is 4.29. The van der Waals surface area contributed by atoms with Gasteiger partial charge in [-0.1, -0.05) is 0 Å². The number of hydrogen-bond acceptors (Lipinski definition) is 2. The number of alkyl halides is 1. The minimum absolute atomic E-state index is 0.0116. The molecule has 78 valence electrons. The maximum absolute atomic E-state index is 11.3. The highest BCUT2D eigenvalue weighted by atomic mass is 35.5. The third kappa shape index (κ3) is 2.93. The molecule has 5 heteroatoms. The molecule has 0 aliphatic heterocycles. The summed E-state index contributed by atoms with van der Waals surface area (Å²) < 4.78 is 5.14. The van der Waals surface area contributed by atoms with Gasteiger partial charge in [-0.2, -0.15) is 0 Å². The summed E-state index contributed by atoms with van der Waals surface area (Å²) >= 11 is 11.1. The first-order valence-corrected chi connectivity index (χ1v) is 5.16. The lowest BCUT2D eigenvalue weighted by Crippen LogP contribution is -2.30. The fourth-order valence-corrected chi connectivity index (χ4v) is 1.42. The third-order valence-corrected chi connectivity index (χ3v) is 2.26. The van der Waals surface area contributed by atoms with Crippen molar-refractivity contribution in [3.8, 4) is 0 Å². The number of halogens is 2. The molecule has 0 aliphatic carbocycles. The highest BCUT2D eigenvalue weighted by molar-refractivity contribution is 6.28. The van der Waals surface area contributed by atoms with Crippen LogP contribution in [-0.2, 0) is 11.3 Å². The molecule has 0 aromatic carbocycles. The van der Waals surface area contributed by atoms with Crippen LogP contribution in [0.15, 0.2) is 16.5 Å². The summed E-state index contributed by atoms with van der Waals surface area (Å²) in [6, 6.07) is 3.39. The smallest absolute Gasteiger partial charge is 0.237 e. The fourth-order valence-electron chi connectivity index (χ4n) is 1.09. The van der Waals surface area contributed by atoms with E-state index in [9.17, 15) is 4.79 Å². The number of furan rings is 1. The Morgan fingerprint density at radius 2 is 2.29 bits per heavy atom. The molecule has 0 N–H and O–H groups in total. The predicted molar refractivity (Wildman–Crippen MR) is 55.5 cm³/mol. The zero-order chi connectivity index (χ0) is 10.6. The quantitative estimate of drug-likeness (QED) is 0.752. The Morgan fingerprint density at radius 3 is 2.71 bits per heavy atom. The van der Waals surface area contributed by atoms with Gasteiger partial charge < -0.3 is 9.32 Å². The van der Waals surface area contributed by atoms with Crippen LogP contribution in [0.25, 0.3) is 0 Å². The standard InChI is InChI=1S/C9H11Cl2NO2/c1-2-12(9(13)5-10)6-7-3-4-8(11)14-7/h3-4H,2,5-6H2,1H3. The SMILES string of the molecule is CCN(Cc1ccc(Cl)o1)C(=O)CCl. The lowest BCUT2D eigenvalue weighted by Gasteiger charge is -2.17. The first-order chi connectivity index (χ1) is 6.67. The van der Waals surface area contributed by atoms with Gasteiger partial charge in [-0.25, -0.2) is 0 Å². The van der Waals surface area contributed by atoms with E-state index in [-0.39, 0.29) is 11.8 Å². The molecule has 0 radical (unpaired) electrons. The summed E-state index contributed by atoms with van der Waals surface area (Å²) in [6.45, 7) is 2.90. The lowest BCUT2D eigenvalue weighted by atomic mass is 10.4. The first-order valence-electron chi connectivity index (χ1n) is 4.25. The summed E-state index contributed by atoms with van der Waals surface area (Å²) in [7, 11) is 0. The van der Waals surface area contributed by atoms with Crippen LogP contribution in [0.4, 0.5) is 0 Å². The van der Waals surface area contributed by atoms with Crippen LogP contribution < -0.4 is 0 Å². The highest BCUT2D eigenvalue weighted by Gasteiger charge is 2.12. The lowest BCUT2D eigenvalue weighted by molar-refractivity contribution is -0.129. The molecule has 0 saturated carbocycles. The summed E-state index contributed by atoms with van der Waals surface area (Å²) in [5.41, 5.74) is 0. The van der Waals surface area contributed by atoms with E-state index in [1.807, 2.05) is 6.92 Å². The first kappa shape index (κ1) is 11.4. The van der Waals surface area contributed by atoms with E-state index in [4.69, 9.17) is 27.6 Å². The number of hydrogen-bond donors (Lipinski definition) is 0. The topological polar surface area (TPSA) is 33.5 Å². The van der Waals surface area contributed by atoms with E-state index < -0.39 is 0 Å². The second kappa shape index (κ2) is 5.27. The minimum Gasteiger partial charge on any atom is -0.448 e. The largest absolute Gasteiger partial charge is 0.448 e. The van der Waals surface area contributed by atoms with Crippen molar-refractivity contribution in [1.82, 2.24) is 4.90 Å². The van der Waals surface area contributed by atoms with Crippen molar-refractivity contribution in [1.29, 1.82) is 0 Å². The van der Waals surface area contributed by atoms with E-state index in [2.05, 4.69) is 0 Å². The minimum atomic E-state index is -0.110. The van der Waals surface area contributed by atoms with Gasteiger partial charge in [-0.05, 0) is 30.7 Å². The second-order valence-corrected chi connectivity index (χ2v) is 3.39. The molecule has 14 heavy (non-hydrogen) atoms. The van der Waals surface area contributed by atoms with Gasteiger partial charge >= 0.3 is 0 Å². The maximum atomic E-state index is 11.3. The third-order valence-electron chi connectivity index (χ3n) is 1.82. The van der Waals surface area contributed by atoms with Crippen LogP contribution in [0.3, 0.4) is 0 Å². The van der Waals surface area contributed by atoms with Crippen molar-refractivity contribution in [3.63, 3.8) is 0 Å². The second-order valence-electron chi connectivity index (χ2n) is 2.75. The monoisotopic (exact) mass is 235 g/mol. The molecule has 0 fully saturated rings. The molecule has 0 spiro atoms. The number of carbonyl (C=O) groups excluding carboxylic acids is 1. The van der Waals surface area contributed by atoms with E-state index in [0.717, 1.165) is 0 Å². The molecule has 1 aromatic rings. The number of rotatable bonds is 4. The maximum Gasteiger partial charge on any atom is 0.237 e. The predicted octanol–water partition coefficient (Wildman–Crippen LogP) is 2.52. The van der Waals surface area contributed by atoms with Gasteiger partial charge in [0.25, 0.3) is 0 Å². The van der Waals surface area contributed by atoms with Crippen molar-refractivity contribution < 1.29 is 9.21 Å². The average molecular weight is 236 g/mol. The van der Waals surface area contributed by atoms with Crippen molar-refractivity contribution in [2.24, 2.45) is 0 Å². The van der Waals surface area contributed by atoms with Gasteiger partial charge in [0.05, 0.1) is 6.54 Å². The van der Waals surface area contributed by atoms with Crippen LogP contribution in [-0.4, -0.2) is 23.2 Å². The summed E-state index contributed by atoms with van der Waals surface area (Å²) in [5, 5.41) is 0.328. The van der Waals surface area contributed by atoms with Gasteiger partial charge in [-0.15, -0.1) is 11.6 Å². The molecule has 0 atom stereocenters. The van der Waals surface area contributed by atoms with Crippen LogP contribution in [0, 0.1) is 0 Å². The molecule has 1 heterocycles. The summed E-state index contributed by atoms with van der Waals surface area (Å²) in [4.78, 5) is 12.9. The molecule has 1 aromatic heterocycles. The Labute approximate surface area is 92.6 Å². The van der Waals surface area contributed by atoms with Crippen molar-refractivity contribution in [3.05, 3.63) is 23.1 Å². The van der Waals surface area contributed by atoms with Crippen molar-refractivity contribution >= 4 is 29.1 Å². The van der Waals surface area contributed by atoms with Gasteiger partial charge in [0, 0.05) is 6.54 Å². The van der Waals surface area contributed by atoms with E-state index in [0.29, 0.717) is 24.1 Å². The van der Waals surface area contributed by atoms with E-state index >= 15 is 0 Å². The Bertz CT molecular complexity index is 312. The molecule has 1 amide bonds. The van der Waals surface area contributed by atoms with Gasteiger partial charge in [0.2, 0.25) is 5.91 Å². The molecular formula is C9H11Cl2NO2. The molecule has 1 rings (SSSR count). The van der Waals surface area contributed by atoms with Crippen LogP contribution >= 0.6 is 23.2 Å². The van der Waals surface area contributed by atoms with Crippen LogP contribution in [0.2, 0.25) is 5.22 Å². The zero-order valence-electron chi connectivity index (χ0n) is 7.80. The average Bonchev–Trinajstić information content (AvgIpc) is 2.59. The number of nitrogens with zero attached hydrogens (tertiary/aromatic N) is 1. The van der Waals surface area contributed by atoms with Crippen LogP contribution in [0.5, 0.6) is 0 Å². The van der Waals surface area contributed by atoms with Gasteiger partial charge in [0.1, 0.15) is 11.6 Å². The Morgan fingerprint density at radius 1 is 1.57 bits per heavy atom. The number of amides is 1. The zero-order valence-corrected chi connectivity index (χ0v) is 9.31. The van der Waals surface area contributed by atoms with Gasteiger partial charge in [0.15, 0.2) is 5.22 Å². The summed E-state index contributed by atoms with van der Waals surface area (Å²) in [6.07, 6.45) is 0. The Hall–Kier alpha value is -0.670. The number of carbonyl (C=O) groups is 1. The highest BCUT2D eigenvalue weighted by Crippen LogP contribution is 2.15. The molecular weight excluding hydrogens is 225 g/mol. The van der Waals surface area contributed by atoms with Crippen LogP contribution in [0.1, 0.15) is 12.7 Å². The molecule has 0 unspecified atom stereocenters. The summed E-state index contributed by atoms with van der Waals surface area (Å²) in [5.74, 6) is 0.541. The van der Waals surface area contributed by atoms with Crippen molar-refractivity contribution in [2.45, 2.75) is 13.5 Å². The Balaban J connectivity index is 2.61. The van der Waals surface area contributed by atoms with Gasteiger partial charge in [-0.3, -0.25) is 4.79 Å². The molecule has 3 nitrogen and oxygen atoms in total. The van der Waals surface area contributed by atoms with E-state index in [1.165, 1.54) is 0 Å². The van der Waals surface area contributed by atoms with Crippen molar-refractivity contribution in [2.75, 3.05) is 12.4 Å².